The molecule has 0 bridgehead atoms. The monoisotopic (exact) mass is 220 g/mol. The van der Waals surface area contributed by atoms with Crippen LogP contribution in [0.15, 0.2) is 18.3 Å². The second kappa shape index (κ2) is 4.51. The lowest BCUT2D eigenvalue weighted by Crippen LogP contribution is -2.24. The second-order valence-corrected chi connectivity index (χ2v) is 4.15. The zero-order valence-electron chi connectivity index (χ0n) is 9.64. The molecule has 0 aliphatic carbocycles. The van der Waals surface area contributed by atoms with Crippen LogP contribution in [0.25, 0.3) is 0 Å². The molecule has 4 heteroatoms. The van der Waals surface area contributed by atoms with Crippen LogP contribution in [0.4, 0.5) is 5.82 Å². The summed E-state index contributed by atoms with van der Waals surface area (Å²) in [6.45, 7) is 3.59. The van der Waals surface area contributed by atoms with Crippen LogP contribution >= 0.6 is 0 Å². The van der Waals surface area contributed by atoms with Gasteiger partial charge in [-0.15, -0.1) is 0 Å². The largest absolute Gasteiger partial charge is 0.469 e. The number of hydrogen-bond acceptors (Lipinski definition) is 4. The molecular weight excluding hydrogens is 204 g/mol. The SMILES string of the molecule is COC(=O)C1CCN(c2ccc(C)cn2)C1. The molecule has 16 heavy (non-hydrogen) atoms. The van der Waals surface area contributed by atoms with Crippen molar-refractivity contribution in [1.82, 2.24) is 4.98 Å². The van der Waals surface area contributed by atoms with Gasteiger partial charge in [0.1, 0.15) is 5.82 Å². The molecule has 1 saturated heterocycles. The normalized spacial score (nSPS) is 19.9. The Balaban J connectivity index is 2.03. The van der Waals surface area contributed by atoms with Crippen LogP contribution in [-0.4, -0.2) is 31.2 Å². The molecule has 0 spiro atoms. The zero-order valence-corrected chi connectivity index (χ0v) is 9.64. The van der Waals surface area contributed by atoms with Crippen LogP contribution in [0.1, 0.15) is 12.0 Å². The van der Waals surface area contributed by atoms with Gasteiger partial charge in [-0.05, 0) is 25.0 Å². The number of aromatic nitrogens is 1. The van der Waals surface area contributed by atoms with E-state index in [1.165, 1.54) is 7.11 Å². The minimum absolute atomic E-state index is 0.00639. The van der Waals surface area contributed by atoms with E-state index in [9.17, 15) is 4.79 Å². The average Bonchev–Trinajstić information content (AvgIpc) is 2.78. The molecule has 0 saturated carbocycles. The van der Waals surface area contributed by atoms with Crippen LogP contribution < -0.4 is 4.90 Å². The lowest BCUT2D eigenvalue weighted by atomic mass is 10.1. The molecule has 1 aliphatic rings. The Hall–Kier alpha value is -1.58. The fraction of sp³-hybridized carbons (Fsp3) is 0.500. The highest BCUT2D eigenvalue weighted by Crippen LogP contribution is 2.22. The standard InChI is InChI=1S/C12H16N2O2/c1-9-3-4-11(13-7-9)14-6-5-10(8-14)12(15)16-2/h3-4,7,10H,5-6,8H2,1-2H3. The summed E-state index contributed by atoms with van der Waals surface area (Å²) in [7, 11) is 1.44. The van der Waals surface area contributed by atoms with E-state index in [0.717, 1.165) is 24.3 Å². The molecule has 0 N–H and O–H groups in total. The third-order valence-electron chi connectivity index (χ3n) is 2.94. The van der Waals surface area contributed by atoms with Gasteiger partial charge in [0.2, 0.25) is 0 Å². The topological polar surface area (TPSA) is 42.4 Å². The van der Waals surface area contributed by atoms with Gasteiger partial charge in [0, 0.05) is 19.3 Å². The number of nitrogens with zero attached hydrogens (tertiary/aromatic N) is 2. The first-order valence-corrected chi connectivity index (χ1v) is 5.46. The highest BCUT2D eigenvalue weighted by Gasteiger charge is 2.29. The lowest BCUT2D eigenvalue weighted by Gasteiger charge is -2.16. The molecule has 2 heterocycles. The quantitative estimate of drug-likeness (QED) is 0.706. The third kappa shape index (κ3) is 2.15. The van der Waals surface area contributed by atoms with Crippen molar-refractivity contribution in [3.8, 4) is 0 Å². The van der Waals surface area contributed by atoms with Gasteiger partial charge in [0.15, 0.2) is 0 Å². The lowest BCUT2D eigenvalue weighted by molar-refractivity contribution is -0.144. The minimum atomic E-state index is -0.116. The van der Waals surface area contributed by atoms with Gasteiger partial charge in [0.25, 0.3) is 0 Å². The van der Waals surface area contributed by atoms with Gasteiger partial charge in [-0.3, -0.25) is 4.79 Å². The van der Waals surface area contributed by atoms with Crippen LogP contribution in [0.3, 0.4) is 0 Å². The van der Waals surface area contributed by atoms with Crippen LogP contribution in [0, 0.1) is 12.8 Å². The van der Waals surface area contributed by atoms with Crippen LogP contribution in [-0.2, 0) is 9.53 Å². The van der Waals surface area contributed by atoms with E-state index in [1.54, 1.807) is 0 Å². The van der Waals surface area contributed by atoms with Gasteiger partial charge >= 0.3 is 5.97 Å². The Morgan fingerprint density at radius 2 is 2.38 bits per heavy atom. The van der Waals surface area contributed by atoms with Gasteiger partial charge < -0.3 is 9.64 Å². The molecule has 1 unspecified atom stereocenters. The van der Waals surface area contributed by atoms with Gasteiger partial charge in [-0.25, -0.2) is 4.98 Å². The molecule has 1 atom stereocenters. The number of ether oxygens (including phenoxy) is 1. The Labute approximate surface area is 95.2 Å². The number of hydrogen-bond donors (Lipinski definition) is 0. The van der Waals surface area contributed by atoms with Crippen molar-refractivity contribution in [2.75, 3.05) is 25.1 Å². The van der Waals surface area contributed by atoms with E-state index < -0.39 is 0 Å². The fourth-order valence-electron chi connectivity index (χ4n) is 1.97. The first-order valence-electron chi connectivity index (χ1n) is 5.46. The Bertz CT molecular complexity index is 375. The summed E-state index contributed by atoms with van der Waals surface area (Å²) in [4.78, 5) is 17.9. The van der Waals surface area contributed by atoms with Crippen molar-refractivity contribution >= 4 is 11.8 Å². The van der Waals surface area contributed by atoms with Crippen molar-refractivity contribution in [2.45, 2.75) is 13.3 Å². The summed E-state index contributed by atoms with van der Waals surface area (Å²) >= 11 is 0. The molecule has 0 amide bonds. The Morgan fingerprint density at radius 3 is 3.00 bits per heavy atom. The first kappa shape index (κ1) is 10.9. The van der Waals surface area contributed by atoms with E-state index in [2.05, 4.69) is 9.88 Å². The summed E-state index contributed by atoms with van der Waals surface area (Å²) in [5, 5.41) is 0. The summed E-state index contributed by atoms with van der Waals surface area (Å²) in [5.74, 6) is 0.819. The van der Waals surface area contributed by atoms with Crippen LogP contribution in [0.5, 0.6) is 0 Å². The van der Waals surface area contributed by atoms with Crippen molar-refractivity contribution < 1.29 is 9.53 Å². The molecule has 4 nitrogen and oxygen atoms in total. The van der Waals surface area contributed by atoms with E-state index in [1.807, 2.05) is 25.3 Å². The first-order chi connectivity index (χ1) is 7.70. The van der Waals surface area contributed by atoms with Crippen molar-refractivity contribution in [3.05, 3.63) is 23.9 Å². The molecular formula is C12H16N2O2. The van der Waals surface area contributed by atoms with E-state index >= 15 is 0 Å². The molecule has 86 valence electrons. The fourth-order valence-corrected chi connectivity index (χ4v) is 1.97. The van der Waals surface area contributed by atoms with Gasteiger partial charge in [-0.1, -0.05) is 6.07 Å². The molecule has 1 fully saturated rings. The number of carbonyl (C=O) groups is 1. The zero-order chi connectivity index (χ0) is 11.5. The molecule has 2 rings (SSSR count). The number of pyridine rings is 1. The third-order valence-corrected chi connectivity index (χ3v) is 2.94. The maximum atomic E-state index is 11.4. The summed E-state index contributed by atoms with van der Waals surface area (Å²) in [6.07, 6.45) is 2.70. The number of anilines is 1. The predicted octanol–water partition coefficient (Wildman–Crippen LogP) is 1.39. The predicted molar refractivity (Wildman–Crippen MR) is 61.3 cm³/mol. The van der Waals surface area contributed by atoms with E-state index in [0.29, 0.717) is 6.54 Å². The van der Waals surface area contributed by atoms with Crippen molar-refractivity contribution in [3.63, 3.8) is 0 Å². The molecule has 1 aromatic rings. The molecule has 0 aromatic carbocycles. The van der Waals surface area contributed by atoms with E-state index in [4.69, 9.17) is 4.74 Å². The summed E-state index contributed by atoms with van der Waals surface area (Å²) in [6, 6.07) is 4.03. The Kier molecular flexibility index (Phi) is 3.08. The maximum absolute atomic E-state index is 11.4. The number of rotatable bonds is 2. The molecule has 0 radical (unpaired) electrons. The second-order valence-electron chi connectivity index (χ2n) is 4.15. The van der Waals surface area contributed by atoms with Crippen molar-refractivity contribution in [1.29, 1.82) is 0 Å². The highest BCUT2D eigenvalue weighted by atomic mass is 16.5. The highest BCUT2D eigenvalue weighted by molar-refractivity contribution is 5.74. The number of methoxy groups -OCH3 is 1. The summed E-state index contributed by atoms with van der Waals surface area (Å²) < 4.78 is 4.75. The van der Waals surface area contributed by atoms with Gasteiger partial charge in [-0.2, -0.15) is 0 Å². The van der Waals surface area contributed by atoms with E-state index in [-0.39, 0.29) is 11.9 Å². The maximum Gasteiger partial charge on any atom is 0.310 e. The molecule has 1 aromatic heterocycles. The number of esters is 1. The molecule has 1 aliphatic heterocycles. The number of aryl methyl sites for hydroxylation is 1. The Morgan fingerprint density at radius 1 is 1.56 bits per heavy atom. The van der Waals surface area contributed by atoms with Crippen molar-refractivity contribution in [2.24, 2.45) is 5.92 Å². The van der Waals surface area contributed by atoms with Crippen LogP contribution in [0.2, 0.25) is 0 Å². The van der Waals surface area contributed by atoms with Gasteiger partial charge in [0.05, 0.1) is 13.0 Å². The smallest absolute Gasteiger partial charge is 0.310 e. The average molecular weight is 220 g/mol. The number of carbonyl (C=O) groups excluding carboxylic acids is 1. The summed E-state index contributed by atoms with van der Waals surface area (Å²) in [5.41, 5.74) is 1.15. The minimum Gasteiger partial charge on any atom is -0.469 e.